The summed E-state index contributed by atoms with van der Waals surface area (Å²) in [6.45, 7) is 20.2. The summed E-state index contributed by atoms with van der Waals surface area (Å²) in [5, 5.41) is 0. The Hall–Kier alpha value is -1.10. The highest BCUT2D eigenvalue weighted by molar-refractivity contribution is 5.69. The van der Waals surface area contributed by atoms with Crippen molar-refractivity contribution in [2.45, 2.75) is 286 Å². The van der Waals surface area contributed by atoms with Crippen molar-refractivity contribution in [2.75, 3.05) is 32.8 Å². The highest BCUT2D eigenvalue weighted by Crippen LogP contribution is 2.22. The summed E-state index contributed by atoms with van der Waals surface area (Å²) in [6.07, 6.45) is 45.3. The van der Waals surface area contributed by atoms with Crippen molar-refractivity contribution in [2.24, 2.45) is 11.8 Å². The van der Waals surface area contributed by atoms with Crippen LogP contribution < -0.4 is 0 Å². The Bertz CT molecular complexity index is 741. The number of hydrogen-bond donors (Lipinski definition) is 0. The number of carbonyl (C=O) groups is 2. The van der Waals surface area contributed by atoms with Crippen molar-refractivity contribution < 1.29 is 19.1 Å². The molecule has 5 heteroatoms. The van der Waals surface area contributed by atoms with Gasteiger partial charge >= 0.3 is 11.9 Å². The summed E-state index contributed by atoms with van der Waals surface area (Å²) < 4.78 is 11.6. The first-order valence-corrected chi connectivity index (χ1v) is 26.5. The standard InChI is InChI=1S/C51H101NO4.C2H6/c1-6-11-15-19-23-31-39-48(37-29-17-13-8-3)46-55-50(53)41-33-25-21-27-35-44-52(43-10-5)45-36-28-22-26-34-42-51(54)56-47-49(38-30-18-14-9-4)40-32-24-20-16-12-7-2;1-2/h48-49H,6-47H2,1-5H3;1-2H3. The van der Waals surface area contributed by atoms with Crippen molar-refractivity contribution in [3.8, 4) is 0 Å². The average molecular weight is 822 g/mol. The number of nitrogens with zero attached hydrogens (tertiary/aromatic N) is 1. The van der Waals surface area contributed by atoms with E-state index in [0.29, 0.717) is 37.9 Å². The second kappa shape index (κ2) is 50.3. The van der Waals surface area contributed by atoms with Crippen LogP contribution in [0.15, 0.2) is 0 Å². The van der Waals surface area contributed by atoms with Crippen LogP contribution in [0.1, 0.15) is 286 Å². The summed E-state index contributed by atoms with van der Waals surface area (Å²) in [5.41, 5.74) is 0. The number of hydrogen-bond acceptors (Lipinski definition) is 5. The first-order chi connectivity index (χ1) is 28.5. The van der Waals surface area contributed by atoms with Gasteiger partial charge in [0.1, 0.15) is 0 Å². The zero-order chi connectivity index (χ0) is 43.0. The average Bonchev–Trinajstić information content (AvgIpc) is 3.23. The molecule has 0 N–H and O–H groups in total. The van der Waals surface area contributed by atoms with Crippen LogP contribution in [0.4, 0.5) is 0 Å². The summed E-state index contributed by atoms with van der Waals surface area (Å²) in [4.78, 5) is 27.7. The number of ether oxygens (including phenoxy) is 2. The lowest BCUT2D eigenvalue weighted by molar-refractivity contribution is -0.146. The van der Waals surface area contributed by atoms with Crippen LogP contribution >= 0.6 is 0 Å². The van der Waals surface area contributed by atoms with E-state index >= 15 is 0 Å². The van der Waals surface area contributed by atoms with Crippen LogP contribution in [0.5, 0.6) is 0 Å². The third-order valence-corrected chi connectivity index (χ3v) is 12.1. The van der Waals surface area contributed by atoms with Crippen LogP contribution in [0.3, 0.4) is 0 Å². The molecular formula is C53H107NO4. The van der Waals surface area contributed by atoms with Gasteiger partial charge in [-0.2, -0.15) is 0 Å². The summed E-state index contributed by atoms with van der Waals surface area (Å²) in [5.74, 6) is 1.15. The molecule has 0 aliphatic carbocycles. The van der Waals surface area contributed by atoms with E-state index in [0.717, 1.165) is 25.7 Å². The minimum absolute atomic E-state index is 0.0243. The second-order valence-electron chi connectivity index (χ2n) is 17.8. The molecule has 58 heavy (non-hydrogen) atoms. The van der Waals surface area contributed by atoms with Crippen LogP contribution in [0, 0.1) is 11.8 Å². The third kappa shape index (κ3) is 44.5. The van der Waals surface area contributed by atoms with E-state index in [4.69, 9.17) is 9.47 Å². The summed E-state index contributed by atoms with van der Waals surface area (Å²) in [7, 11) is 0. The summed E-state index contributed by atoms with van der Waals surface area (Å²) >= 11 is 0. The number of unbranched alkanes of at least 4 members (excludes halogenated alkanes) is 24. The lowest BCUT2D eigenvalue weighted by Gasteiger charge is -2.21. The molecule has 0 saturated heterocycles. The maximum Gasteiger partial charge on any atom is 0.305 e. The van der Waals surface area contributed by atoms with E-state index in [1.165, 1.54) is 219 Å². The Labute approximate surface area is 365 Å². The zero-order valence-electron chi connectivity index (χ0n) is 40.9. The molecule has 0 aromatic heterocycles. The predicted octanol–water partition coefficient (Wildman–Crippen LogP) is 17.2. The fraction of sp³-hybridized carbons (Fsp3) is 0.962. The largest absolute Gasteiger partial charge is 0.465 e. The second-order valence-corrected chi connectivity index (χ2v) is 17.8. The lowest BCUT2D eigenvalue weighted by Crippen LogP contribution is -2.27. The smallest absolute Gasteiger partial charge is 0.305 e. The van der Waals surface area contributed by atoms with Crippen molar-refractivity contribution in [3.05, 3.63) is 0 Å². The molecule has 5 nitrogen and oxygen atoms in total. The van der Waals surface area contributed by atoms with E-state index in [1.54, 1.807) is 0 Å². The highest BCUT2D eigenvalue weighted by Gasteiger charge is 2.14. The van der Waals surface area contributed by atoms with E-state index < -0.39 is 0 Å². The molecule has 0 aromatic rings. The van der Waals surface area contributed by atoms with Crippen molar-refractivity contribution >= 4 is 11.9 Å². The van der Waals surface area contributed by atoms with Gasteiger partial charge in [-0.15, -0.1) is 0 Å². The van der Waals surface area contributed by atoms with Gasteiger partial charge in [-0.25, -0.2) is 0 Å². The highest BCUT2D eigenvalue weighted by atomic mass is 16.5. The van der Waals surface area contributed by atoms with Gasteiger partial charge in [-0.3, -0.25) is 9.59 Å². The van der Waals surface area contributed by atoms with E-state index in [-0.39, 0.29) is 11.9 Å². The molecule has 348 valence electrons. The Kier molecular flexibility index (Phi) is 51.1. The van der Waals surface area contributed by atoms with Crippen LogP contribution in [0.2, 0.25) is 0 Å². The molecule has 0 radical (unpaired) electrons. The van der Waals surface area contributed by atoms with Gasteiger partial charge in [0, 0.05) is 12.8 Å². The molecule has 2 atom stereocenters. The number of esters is 2. The molecule has 0 saturated carbocycles. The number of rotatable bonds is 46. The minimum atomic E-state index is 0.0243. The Morgan fingerprint density at radius 3 is 0.948 bits per heavy atom. The predicted molar refractivity (Wildman–Crippen MR) is 256 cm³/mol. The van der Waals surface area contributed by atoms with E-state index in [9.17, 15) is 9.59 Å². The Morgan fingerprint density at radius 2 is 0.621 bits per heavy atom. The van der Waals surface area contributed by atoms with E-state index in [1.807, 2.05) is 13.8 Å². The third-order valence-electron chi connectivity index (χ3n) is 12.1. The fourth-order valence-electron chi connectivity index (χ4n) is 8.26. The molecule has 0 spiro atoms. The molecule has 0 rings (SSSR count). The van der Waals surface area contributed by atoms with Gasteiger partial charge in [-0.05, 0) is 89.3 Å². The fourth-order valence-corrected chi connectivity index (χ4v) is 8.26. The van der Waals surface area contributed by atoms with Gasteiger partial charge in [0.15, 0.2) is 0 Å². The maximum atomic E-state index is 12.5. The topological polar surface area (TPSA) is 55.8 Å². The normalized spacial score (nSPS) is 12.3. The first kappa shape index (κ1) is 59.0. The van der Waals surface area contributed by atoms with Gasteiger partial charge in [-0.1, -0.05) is 215 Å². The van der Waals surface area contributed by atoms with Crippen molar-refractivity contribution in [3.63, 3.8) is 0 Å². The van der Waals surface area contributed by atoms with Crippen LogP contribution in [-0.4, -0.2) is 49.7 Å². The zero-order valence-corrected chi connectivity index (χ0v) is 40.9. The van der Waals surface area contributed by atoms with Gasteiger partial charge in [0.25, 0.3) is 0 Å². The molecule has 0 aliphatic rings. The van der Waals surface area contributed by atoms with Gasteiger partial charge < -0.3 is 14.4 Å². The Balaban J connectivity index is 0. The minimum Gasteiger partial charge on any atom is -0.465 e. The number of carbonyl (C=O) groups excluding carboxylic acids is 2. The Morgan fingerprint density at radius 1 is 0.345 bits per heavy atom. The molecule has 0 amide bonds. The molecule has 0 heterocycles. The van der Waals surface area contributed by atoms with Gasteiger partial charge in [0.05, 0.1) is 13.2 Å². The molecule has 0 aliphatic heterocycles. The van der Waals surface area contributed by atoms with Crippen molar-refractivity contribution in [1.82, 2.24) is 4.90 Å². The lowest BCUT2D eigenvalue weighted by atomic mass is 9.95. The molecular weight excluding hydrogens is 715 g/mol. The monoisotopic (exact) mass is 822 g/mol. The molecule has 0 aromatic carbocycles. The van der Waals surface area contributed by atoms with E-state index in [2.05, 4.69) is 39.5 Å². The van der Waals surface area contributed by atoms with Crippen LogP contribution in [-0.2, 0) is 19.1 Å². The molecule has 2 unspecified atom stereocenters. The first-order valence-electron chi connectivity index (χ1n) is 26.5. The summed E-state index contributed by atoms with van der Waals surface area (Å²) in [6, 6.07) is 0. The quantitative estimate of drug-likeness (QED) is 0.0452. The molecule has 0 bridgehead atoms. The molecule has 0 fully saturated rings. The SMILES string of the molecule is CC.CCCCCCCCC(CCCCCC)COC(=O)CCCCCCCN(CCC)CCCCCCCC(=O)OCC(CCCCCC)CCCCCCCC. The van der Waals surface area contributed by atoms with Crippen molar-refractivity contribution in [1.29, 1.82) is 0 Å². The van der Waals surface area contributed by atoms with Gasteiger partial charge in [0.2, 0.25) is 0 Å². The van der Waals surface area contributed by atoms with Crippen LogP contribution in [0.25, 0.3) is 0 Å². The maximum absolute atomic E-state index is 12.5.